The van der Waals surface area contributed by atoms with Gasteiger partial charge in [0.1, 0.15) is 12.1 Å². The average Bonchev–Trinajstić information content (AvgIpc) is 3.22. The van der Waals surface area contributed by atoms with Gasteiger partial charge in [-0.2, -0.15) is 0 Å². The Morgan fingerprint density at radius 2 is 2.08 bits per heavy atom. The first-order valence-electron chi connectivity index (χ1n) is 9.09. The molecule has 9 heteroatoms. The molecule has 2 saturated heterocycles. The Kier molecular flexibility index (Phi) is 7.36. The van der Waals surface area contributed by atoms with E-state index in [0.29, 0.717) is 19.8 Å². The quantitative estimate of drug-likeness (QED) is 0.468. The molecule has 2 fully saturated rings. The third kappa shape index (κ3) is 5.15. The molecule has 0 radical (unpaired) electrons. The standard InChI is InChI=1S/C17H28N2O7/c1-4-6-7-24-16(22)19-11(3)14(20)13-9-25-17(26-13)8-12(18-10-17)15(21)23-5-2/h11-13,18H,4-10H2,1-3H3,(H,19,22)/t11-,12-,13?,17?/m0/s1. The summed E-state index contributed by atoms with van der Waals surface area (Å²) in [5.41, 5.74) is 0. The largest absolute Gasteiger partial charge is 0.465 e. The van der Waals surface area contributed by atoms with Crippen LogP contribution in [-0.2, 0) is 28.5 Å². The Morgan fingerprint density at radius 1 is 1.31 bits per heavy atom. The van der Waals surface area contributed by atoms with Crippen LogP contribution in [0.4, 0.5) is 4.79 Å². The smallest absolute Gasteiger partial charge is 0.407 e. The van der Waals surface area contributed by atoms with Crippen LogP contribution in [0.2, 0.25) is 0 Å². The van der Waals surface area contributed by atoms with Crippen LogP contribution < -0.4 is 10.6 Å². The Morgan fingerprint density at radius 3 is 2.77 bits per heavy atom. The van der Waals surface area contributed by atoms with Gasteiger partial charge in [-0.05, 0) is 20.3 Å². The molecule has 26 heavy (non-hydrogen) atoms. The monoisotopic (exact) mass is 372 g/mol. The Balaban J connectivity index is 1.81. The van der Waals surface area contributed by atoms with Gasteiger partial charge in [-0.3, -0.25) is 14.9 Å². The number of unbranched alkanes of at least 4 members (excludes halogenated alkanes) is 1. The second kappa shape index (κ2) is 9.29. The van der Waals surface area contributed by atoms with Crippen molar-refractivity contribution in [1.82, 2.24) is 10.6 Å². The second-order valence-corrected chi connectivity index (χ2v) is 6.48. The van der Waals surface area contributed by atoms with Crippen molar-refractivity contribution in [3.63, 3.8) is 0 Å². The molecule has 0 saturated carbocycles. The lowest BCUT2D eigenvalue weighted by atomic mass is 10.1. The van der Waals surface area contributed by atoms with Crippen LogP contribution in [0.1, 0.15) is 40.0 Å². The Hall–Kier alpha value is -1.71. The molecule has 2 unspecified atom stereocenters. The molecule has 2 heterocycles. The van der Waals surface area contributed by atoms with E-state index in [-0.39, 0.29) is 24.8 Å². The van der Waals surface area contributed by atoms with Gasteiger partial charge in [0.2, 0.25) is 0 Å². The molecule has 148 valence electrons. The number of Topliss-reactive ketones (excluding diaryl/α,β-unsaturated/α-hetero) is 1. The molecule has 1 spiro atoms. The second-order valence-electron chi connectivity index (χ2n) is 6.48. The number of carbonyl (C=O) groups excluding carboxylic acids is 3. The zero-order valence-electron chi connectivity index (χ0n) is 15.5. The third-order valence-electron chi connectivity index (χ3n) is 4.37. The van der Waals surface area contributed by atoms with Crippen LogP contribution in [0.3, 0.4) is 0 Å². The summed E-state index contributed by atoms with van der Waals surface area (Å²) in [6.07, 6.45) is 0.530. The van der Waals surface area contributed by atoms with E-state index in [9.17, 15) is 14.4 Å². The number of hydrogen-bond donors (Lipinski definition) is 2. The molecule has 2 aliphatic rings. The first kappa shape index (κ1) is 20.6. The van der Waals surface area contributed by atoms with E-state index in [0.717, 1.165) is 12.8 Å². The van der Waals surface area contributed by atoms with Crippen molar-refractivity contribution in [2.75, 3.05) is 26.4 Å². The first-order valence-corrected chi connectivity index (χ1v) is 9.09. The molecule has 4 atom stereocenters. The maximum atomic E-state index is 12.5. The molecule has 0 aromatic carbocycles. The summed E-state index contributed by atoms with van der Waals surface area (Å²) in [6, 6.07) is -1.28. The van der Waals surface area contributed by atoms with Crippen molar-refractivity contribution in [1.29, 1.82) is 0 Å². The van der Waals surface area contributed by atoms with Crippen molar-refractivity contribution in [2.24, 2.45) is 0 Å². The molecule has 9 nitrogen and oxygen atoms in total. The third-order valence-corrected chi connectivity index (χ3v) is 4.37. The Labute approximate surface area is 153 Å². The van der Waals surface area contributed by atoms with E-state index in [4.69, 9.17) is 18.9 Å². The van der Waals surface area contributed by atoms with Crippen molar-refractivity contribution in [3.05, 3.63) is 0 Å². The van der Waals surface area contributed by atoms with E-state index in [1.807, 2.05) is 6.92 Å². The summed E-state index contributed by atoms with van der Waals surface area (Å²) in [5, 5.41) is 5.50. The van der Waals surface area contributed by atoms with Gasteiger partial charge in [-0.15, -0.1) is 0 Å². The number of rotatable bonds is 8. The zero-order valence-corrected chi connectivity index (χ0v) is 15.5. The maximum absolute atomic E-state index is 12.5. The minimum absolute atomic E-state index is 0.0764. The number of nitrogens with one attached hydrogen (secondary N) is 2. The molecule has 2 N–H and O–H groups in total. The summed E-state index contributed by atoms with van der Waals surface area (Å²) in [6.45, 7) is 6.29. The lowest BCUT2D eigenvalue weighted by Gasteiger charge is -2.22. The van der Waals surface area contributed by atoms with Gasteiger partial charge in [0.25, 0.3) is 0 Å². The van der Waals surface area contributed by atoms with Gasteiger partial charge in [-0.1, -0.05) is 13.3 Å². The predicted octanol–water partition coefficient (Wildman–Crippen LogP) is 0.507. The topological polar surface area (TPSA) is 112 Å². The average molecular weight is 372 g/mol. The van der Waals surface area contributed by atoms with Gasteiger partial charge in [0.15, 0.2) is 11.6 Å². The first-order chi connectivity index (χ1) is 12.4. The fraction of sp³-hybridized carbons (Fsp3) is 0.824. The zero-order chi connectivity index (χ0) is 19.2. The maximum Gasteiger partial charge on any atom is 0.407 e. The lowest BCUT2D eigenvalue weighted by Crippen LogP contribution is -2.45. The van der Waals surface area contributed by atoms with Gasteiger partial charge >= 0.3 is 12.1 Å². The molecular weight excluding hydrogens is 344 g/mol. The fourth-order valence-electron chi connectivity index (χ4n) is 2.92. The summed E-state index contributed by atoms with van der Waals surface area (Å²) >= 11 is 0. The number of ketones is 1. The highest BCUT2D eigenvalue weighted by Gasteiger charge is 2.51. The van der Waals surface area contributed by atoms with E-state index in [1.54, 1.807) is 13.8 Å². The number of ether oxygens (including phenoxy) is 4. The lowest BCUT2D eigenvalue weighted by molar-refractivity contribution is -0.164. The highest BCUT2D eigenvalue weighted by Crippen LogP contribution is 2.33. The summed E-state index contributed by atoms with van der Waals surface area (Å²) in [7, 11) is 0. The van der Waals surface area contributed by atoms with Gasteiger partial charge in [0, 0.05) is 6.42 Å². The summed E-state index contributed by atoms with van der Waals surface area (Å²) in [5.74, 6) is -1.68. The van der Waals surface area contributed by atoms with Gasteiger partial charge < -0.3 is 24.3 Å². The van der Waals surface area contributed by atoms with E-state index in [2.05, 4.69) is 10.6 Å². The number of hydrogen-bond acceptors (Lipinski definition) is 8. The highest BCUT2D eigenvalue weighted by atomic mass is 16.7. The van der Waals surface area contributed by atoms with Crippen LogP contribution in [0.15, 0.2) is 0 Å². The SMILES string of the molecule is CCCCOC(=O)N[C@@H](C)C(=O)C1COC2(CN[C@H](C(=O)OCC)C2)O1. The minimum atomic E-state index is -1.01. The molecule has 2 rings (SSSR count). The molecule has 1 amide bonds. The Bertz CT molecular complexity index is 527. The van der Waals surface area contributed by atoms with Crippen molar-refractivity contribution in [2.45, 2.75) is 64.0 Å². The van der Waals surface area contributed by atoms with Crippen molar-refractivity contribution >= 4 is 17.8 Å². The molecule has 2 aliphatic heterocycles. The summed E-state index contributed by atoms with van der Waals surface area (Å²) < 4.78 is 21.4. The molecule has 0 aromatic heterocycles. The van der Waals surface area contributed by atoms with Crippen LogP contribution in [0.25, 0.3) is 0 Å². The van der Waals surface area contributed by atoms with Crippen LogP contribution in [-0.4, -0.2) is 68.2 Å². The van der Waals surface area contributed by atoms with Crippen molar-refractivity contribution in [3.8, 4) is 0 Å². The molecule has 0 aliphatic carbocycles. The van der Waals surface area contributed by atoms with Crippen LogP contribution >= 0.6 is 0 Å². The van der Waals surface area contributed by atoms with Crippen LogP contribution in [0, 0.1) is 0 Å². The van der Waals surface area contributed by atoms with Gasteiger partial charge in [0.05, 0.1) is 32.4 Å². The number of carbonyl (C=O) groups is 3. The van der Waals surface area contributed by atoms with Gasteiger partial charge in [-0.25, -0.2) is 4.79 Å². The minimum Gasteiger partial charge on any atom is -0.465 e. The van der Waals surface area contributed by atoms with Crippen LogP contribution in [0.5, 0.6) is 0 Å². The molecular formula is C17H28N2O7. The number of esters is 1. The highest BCUT2D eigenvalue weighted by molar-refractivity contribution is 5.90. The van der Waals surface area contributed by atoms with E-state index in [1.165, 1.54) is 0 Å². The molecule has 0 bridgehead atoms. The predicted molar refractivity (Wildman–Crippen MR) is 90.5 cm³/mol. The fourth-order valence-corrected chi connectivity index (χ4v) is 2.92. The normalized spacial score (nSPS) is 28.7. The number of alkyl carbamates (subject to hydrolysis) is 1. The van der Waals surface area contributed by atoms with E-state index >= 15 is 0 Å². The summed E-state index contributed by atoms with van der Waals surface area (Å²) in [4.78, 5) is 36.0. The van der Waals surface area contributed by atoms with E-state index < -0.39 is 30.1 Å². The molecule has 0 aromatic rings. The van der Waals surface area contributed by atoms with Crippen molar-refractivity contribution < 1.29 is 33.3 Å². The number of amides is 1.